The van der Waals surface area contributed by atoms with E-state index in [0.717, 1.165) is 33.0 Å². The molecule has 0 aliphatic rings. The van der Waals surface area contributed by atoms with E-state index in [0.29, 0.717) is 11.9 Å². The van der Waals surface area contributed by atoms with Crippen LogP contribution in [-0.2, 0) is 18.3 Å². The average Bonchev–Trinajstić information content (AvgIpc) is 3.12. The molecule has 0 fully saturated rings. The van der Waals surface area contributed by atoms with Crippen molar-refractivity contribution in [3.8, 4) is 10.4 Å². The Morgan fingerprint density at radius 3 is 2.17 bits per heavy atom. The summed E-state index contributed by atoms with van der Waals surface area (Å²) in [6.07, 6.45) is 0.760. The molecule has 1 heterocycles. The van der Waals surface area contributed by atoms with Gasteiger partial charge in [0, 0.05) is 41.0 Å². The molecule has 30 heavy (non-hydrogen) atoms. The van der Waals surface area contributed by atoms with Gasteiger partial charge in [-0.2, -0.15) is 0 Å². The monoisotopic (exact) mass is 494 g/mol. The second-order valence-electron chi connectivity index (χ2n) is 6.70. The van der Waals surface area contributed by atoms with Gasteiger partial charge in [-0.1, -0.05) is 28.9 Å². The fraction of sp³-hybridized carbons (Fsp3) is 0.273. The fourth-order valence-electron chi connectivity index (χ4n) is 3.42. The van der Waals surface area contributed by atoms with Gasteiger partial charge in [0.2, 0.25) is 0 Å². The third-order valence-corrected chi connectivity index (χ3v) is 6.95. The van der Waals surface area contributed by atoms with Crippen molar-refractivity contribution in [1.82, 2.24) is 0 Å². The van der Waals surface area contributed by atoms with Crippen molar-refractivity contribution in [3.05, 3.63) is 80.9 Å². The van der Waals surface area contributed by atoms with Gasteiger partial charge in [0.05, 0.1) is 9.92 Å². The molecule has 1 aromatic heterocycles. The molecule has 3 rings (SSSR count). The van der Waals surface area contributed by atoms with Gasteiger partial charge in [-0.3, -0.25) is 10.1 Å². The van der Waals surface area contributed by atoms with E-state index in [2.05, 4.69) is 22.9 Å². The topological polar surface area (TPSA) is 46.4 Å². The lowest BCUT2D eigenvalue weighted by Crippen LogP contribution is -2.23. The molecule has 2 aromatic carbocycles. The molecule has 0 atom stereocenters. The van der Waals surface area contributed by atoms with Gasteiger partial charge in [0.25, 0.3) is 5.69 Å². The Morgan fingerprint density at radius 2 is 1.67 bits per heavy atom. The Morgan fingerprint density at radius 1 is 1.03 bits per heavy atom. The van der Waals surface area contributed by atoms with Gasteiger partial charge in [-0.25, -0.2) is 8.78 Å². The molecule has 158 valence electrons. The van der Waals surface area contributed by atoms with Crippen molar-refractivity contribution in [2.45, 2.75) is 32.1 Å². The standard InChI is InChI=1S/C22H21BrF2N2O2S/c1-3-16-17(12-23)21(14-8-10-15(11-9-14)27(28)29)30-22(16)26(4-2)13-18-19(24)6-5-7-20(18)25/h5-11H,3-4,12-13H2,1-2H3. The smallest absolute Gasteiger partial charge is 0.269 e. The molecule has 0 unspecified atom stereocenters. The highest BCUT2D eigenvalue weighted by Crippen LogP contribution is 2.44. The molecule has 0 aliphatic carbocycles. The minimum absolute atomic E-state index is 0.0387. The maximum Gasteiger partial charge on any atom is 0.269 e. The summed E-state index contributed by atoms with van der Waals surface area (Å²) in [6.45, 7) is 4.72. The summed E-state index contributed by atoms with van der Waals surface area (Å²) in [5.74, 6) is -1.11. The highest BCUT2D eigenvalue weighted by Gasteiger charge is 2.23. The number of rotatable bonds is 8. The van der Waals surface area contributed by atoms with Crippen LogP contribution in [0.3, 0.4) is 0 Å². The molecule has 0 N–H and O–H groups in total. The summed E-state index contributed by atoms with van der Waals surface area (Å²) in [7, 11) is 0. The number of halogens is 3. The lowest BCUT2D eigenvalue weighted by Gasteiger charge is -2.23. The van der Waals surface area contributed by atoms with Gasteiger partial charge in [0.1, 0.15) is 11.6 Å². The van der Waals surface area contributed by atoms with Crippen molar-refractivity contribution >= 4 is 38.0 Å². The van der Waals surface area contributed by atoms with Crippen LogP contribution in [-0.4, -0.2) is 11.5 Å². The first kappa shape index (κ1) is 22.4. The number of alkyl halides is 1. The molecular formula is C22H21BrF2N2O2S. The summed E-state index contributed by atoms with van der Waals surface area (Å²) in [5.41, 5.74) is 3.18. The zero-order valence-corrected chi connectivity index (χ0v) is 19.0. The molecule has 3 aromatic rings. The van der Waals surface area contributed by atoms with Crippen molar-refractivity contribution in [1.29, 1.82) is 0 Å². The maximum atomic E-state index is 14.2. The first-order valence-corrected chi connectivity index (χ1v) is 11.5. The number of anilines is 1. The molecule has 0 saturated heterocycles. The summed E-state index contributed by atoms with van der Waals surface area (Å²) in [5, 5.41) is 12.5. The maximum absolute atomic E-state index is 14.2. The largest absolute Gasteiger partial charge is 0.359 e. The number of non-ortho nitro benzene ring substituents is 1. The number of nitrogens with zero attached hydrogens (tertiary/aromatic N) is 2. The van der Waals surface area contributed by atoms with E-state index in [-0.39, 0.29) is 17.8 Å². The Kier molecular flexibility index (Phi) is 7.20. The number of nitro groups is 1. The number of hydrogen-bond acceptors (Lipinski definition) is 4. The Hall–Kier alpha value is -2.32. The molecule has 0 bridgehead atoms. The molecule has 0 aliphatic heterocycles. The molecule has 8 heteroatoms. The van der Waals surface area contributed by atoms with Gasteiger partial charge in [-0.05, 0) is 54.3 Å². The Labute approximate surface area is 186 Å². The summed E-state index contributed by atoms with van der Waals surface area (Å²) < 4.78 is 28.5. The first-order valence-electron chi connectivity index (χ1n) is 9.54. The fourth-order valence-corrected chi connectivity index (χ4v) is 5.70. The van der Waals surface area contributed by atoms with Gasteiger partial charge in [-0.15, -0.1) is 11.3 Å². The van der Waals surface area contributed by atoms with E-state index in [1.807, 2.05) is 11.8 Å². The van der Waals surface area contributed by atoms with E-state index in [4.69, 9.17) is 0 Å². The number of benzene rings is 2. The van der Waals surface area contributed by atoms with Gasteiger partial charge in [0.15, 0.2) is 0 Å². The lowest BCUT2D eigenvalue weighted by molar-refractivity contribution is -0.384. The van der Waals surface area contributed by atoms with Gasteiger partial charge >= 0.3 is 0 Å². The number of nitro benzene ring substituents is 1. The highest BCUT2D eigenvalue weighted by molar-refractivity contribution is 9.08. The van der Waals surface area contributed by atoms with Crippen molar-refractivity contribution < 1.29 is 13.7 Å². The Bertz CT molecular complexity index is 1030. The minimum Gasteiger partial charge on any atom is -0.359 e. The molecule has 0 saturated carbocycles. The van der Waals surface area contributed by atoms with E-state index < -0.39 is 16.6 Å². The number of thiophene rings is 1. The summed E-state index contributed by atoms with van der Waals surface area (Å²) in [6, 6.07) is 10.4. The minimum atomic E-state index is -0.556. The first-order chi connectivity index (χ1) is 14.4. The molecule has 0 radical (unpaired) electrons. The van der Waals surface area contributed by atoms with Crippen molar-refractivity contribution in [3.63, 3.8) is 0 Å². The zero-order chi connectivity index (χ0) is 21.8. The van der Waals surface area contributed by atoms with Crippen LogP contribution < -0.4 is 4.90 Å². The summed E-state index contributed by atoms with van der Waals surface area (Å²) in [4.78, 5) is 13.5. The third kappa shape index (κ3) is 4.39. The van der Waals surface area contributed by atoms with E-state index >= 15 is 0 Å². The van der Waals surface area contributed by atoms with Crippen LogP contribution in [0.1, 0.15) is 30.5 Å². The van der Waals surface area contributed by atoms with E-state index in [9.17, 15) is 18.9 Å². The second-order valence-corrected chi connectivity index (χ2v) is 8.26. The van der Waals surface area contributed by atoms with Crippen LogP contribution in [0.2, 0.25) is 0 Å². The molecule has 0 amide bonds. The number of hydrogen-bond donors (Lipinski definition) is 0. The zero-order valence-electron chi connectivity index (χ0n) is 16.6. The van der Waals surface area contributed by atoms with Crippen LogP contribution in [0.4, 0.5) is 19.5 Å². The van der Waals surface area contributed by atoms with Crippen LogP contribution in [0.15, 0.2) is 42.5 Å². The van der Waals surface area contributed by atoms with E-state index in [1.165, 1.54) is 30.3 Å². The third-order valence-electron chi connectivity index (χ3n) is 5.00. The summed E-state index contributed by atoms with van der Waals surface area (Å²) >= 11 is 5.12. The average molecular weight is 495 g/mol. The quantitative estimate of drug-likeness (QED) is 0.191. The molecular weight excluding hydrogens is 474 g/mol. The Balaban J connectivity index is 2.06. The van der Waals surface area contributed by atoms with E-state index in [1.54, 1.807) is 23.5 Å². The highest BCUT2D eigenvalue weighted by atomic mass is 79.9. The van der Waals surface area contributed by atoms with Crippen LogP contribution >= 0.6 is 27.3 Å². The predicted molar refractivity (Wildman–Crippen MR) is 122 cm³/mol. The van der Waals surface area contributed by atoms with Crippen LogP contribution in [0, 0.1) is 21.7 Å². The molecule has 0 spiro atoms. The molecule has 4 nitrogen and oxygen atoms in total. The van der Waals surface area contributed by atoms with Crippen LogP contribution in [0.25, 0.3) is 10.4 Å². The van der Waals surface area contributed by atoms with Crippen molar-refractivity contribution in [2.24, 2.45) is 0 Å². The predicted octanol–water partition coefficient (Wildman–Crippen LogP) is 7.09. The SMILES string of the molecule is CCc1c(N(CC)Cc2c(F)cccc2F)sc(-c2ccc([N+](=O)[O-])cc2)c1CBr. The van der Waals surface area contributed by atoms with Crippen molar-refractivity contribution in [2.75, 3.05) is 11.4 Å². The van der Waals surface area contributed by atoms with Crippen LogP contribution in [0.5, 0.6) is 0 Å². The lowest BCUT2D eigenvalue weighted by atomic mass is 10.0. The second kappa shape index (κ2) is 9.66. The normalized spacial score (nSPS) is 11.0. The van der Waals surface area contributed by atoms with Gasteiger partial charge < -0.3 is 4.90 Å².